The fraction of sp³-hybridized carbons (Fsp3) is 0.435. The Morgan fingerprint density at radius 2 is 1.60 bits per heavy atom. The smallest absolute Gasteiger partial charge is 0.358 e. The van der Waals surface area contributed by atoms with Crippen LogP contribution < -0.4 is 0 Å². The second-order valence-corrected chi connectivity index (χ2v) is 9.31. The molecule has 0 radical (unpaired) electrons. The summed E-state index contributed by atoms with van der Waals surface area (Å²) in [6, 6.07) is 10.9. The van der Waals surface area contributed by atoms with Crippen LogP contribution in [0.4, 0.5) is 13.2 Å². The Labute approximate surface area is 178 Å². The van der Waals surface area contributed by atoms with Gasteiger partial charge in [-0.25, -0.2) is 0 Å². The van der Waals surface area contributed by atoms with Crippen LogP contribution in [-0.4, -0.2) is 28.7 Å². The zero-order valence-corrected chi connectivity index (χ0v) is 17.8. The van der Waals surface area contributed by atoms with Crippen molar-refractivity contribution in [1.29, 1.82) is 0 Å². The molecular weight excluding hydrogens is 417 g/mol. The number of carbonyl (C=O) groups excluding carboxylic acids is 1. The minimum absolute atomic E-state index is 0.0368. The maximum absolute atomic E-state index is 13.7. The molecular formula is C23H22ClF3O3. The molecule has 30 heavy (non-hydrogen) atoms. The van der Waals surface area contributed by atoms with E-state index in [0.29, 0.717) is 10.6 Å². The molecule has 0 aliphatic carbocycles. The number of alkyl halides is 3. The van der Waals surface area contributed by atoms with Crippen LogP contribution >= 0.6 is 11.6 Å². The van der Waals surface area contributed by atoms with Crippen LogP contribution in [0.5, 0.6) is 0 Å². The van der Waals surface area contributed by atoms with Crippen LogP contribution in [0.3, 0.4) is 0 Å². The Kier molecular flexibility index (Phi) is 4.66. The summed E-state index contributed by atoms with van der Waals surface area (Å²) < 4.78 is 52.7. The third kappa shape index (κ3) is 3.26. The van der Waals surface area contributed by atoms with Crippen LogP contribution in [0.25, 0.3) is 11.1 Å². The second kappa shape index (κ2) is 6.55. The fourth-order valence-corrected chi connectivity index (χ4v) is 4.77. The van der Waals surface area contributed by atoms with Crippen molar-refractivity contribution in [1.82, 2.24) is 0 Å². The van der Waals surface area contributed by atoms with Crippen molar-refractivity contribution in [2.45, 2.75) is 63.2 Å². The maximum Gasteiger partial charge on any atom is 0.416 e. The molecule has 7 heteroatoms. The number of carbonyl (C=O) groups is 1. The Morgan fingerprint density at radius 1 is 1.00 bits per heavy atom. The molecule has 0 saturated carbocycles. The maximum atomic E-state index is 13.7. The van der Waals surface area contributed by atoms with Gasteiger partial charge >= 0.3 is 6.18 Å². The summed E-state index contributed by atoms with van der Waals surface area (Å²) in [5.74, 6) is -0.229. The van der Waals surface area contributed by atoms with Crippen molar-refractivity contribution in [3.8, 4) is 11.1 Å². The van der Waals surface area contributed by atoms with Crippen molar-refractivity contribution in [3.63, 3.8) is 0 Å². The van der Waals surface area contributed by atoms with Crippen molar-refractivity contribution >= 4 is 17.4 Å². The summed E-state index contributed by atoms with van der Waals surface area (Å²) in [4.78, 5) is 12.9. The quantitative estimate of drug-likeness (QED) is 0.563. The number of hydrogen-bond acceptors (Lipinski definition) is 3. The molecule has 3 nitrogen and oxygen atoms in total. The van der Waals surface area contributed by atoms with E-state index in [1.807, 2.05) is 0 Å². The van der Waals surface area contributed by atoms with E-state index in [-0.39, 0.29) is 17.8 Å². The Bertz CT molecular complexity index is 1010. The van der Waals surface area contributed by atoms with Crippen LogP contribution in [-0.2, 0) is 26.9 Å². The predicted octanol–water partition coefficient (Wildman–Crippen LogP) is 5.86. The van der Waals surface area contributed by atoms with E-state index < -0.39 is 34.6 Å². The molecule has 2 unspecified atom stereocenters. The molecule has 0 amide bonds. The molecule has 2 atom stereocenters. The normalized spacial score (nSPS) is 26.9. The average Bonchev–Trinajstić information content (AvgIpc) is 3.32. The Hall–Kier alpha value is -1.89. The number of ketones is 1. The molecule has 2 aromatic carbocycles. The lowest BCUT2D eigenvalue weighted by Gasteiger charge is -2.24. The molecule has 2 saturated heterocycles. The van der Waals surface area contributed by atoms with Crippen molar-refractivity contribution in [2.24, 2.45) is 0 Å². The van der Waals surface area contributed by atoms with Gasteiger partial charge in [-0.05, 0) is 62.6 Å². The molecule has 2 aromatic rings. The second-order valence-electron chi connectivity index (χ2n) is 8.87. The zero-order valence-electron chi connectivity index (χ0n) is 17.1. The highest BCUT2D eigenvalue weighted by atomic mass is 35.5. The number of Topliss-reactive ketones (excluding diaryl/α,β-unsaturated/α-hetero) is 1. The first kappa shape index (κ1) is 21.3. The van der Waals surface area contributed by atoms with E-state index in [4.69, 9.17) is 21.1 Å². The average molecular weight is 439 g/mol. The molecule has 4 rings (SSSR count). The van der Waals surface area contributed by atoms with Gasteiger partial charge in [0.25, 0.3) is 0 Å². The zero-order chi connectivity index (χ0) is 22.1. The van der Waals surface area contributed by atoms with E-state index in [1.165, 1.54) is 12.1 Å². The van der Waals surface area contributed by atoms with Crippen LogP contribution in [0.1, 0.15) is 38.8 Å². The summed E-state index contributed by atoms with van der Waals surface area (Å²) in [7, 11) is 0. The number of rotatable bonds is 3. The lowest BCUT2D eigenvalue weighted by Crippen LogP contribution is -2.43. The first-order valence-electron chi connectivity index (χ1n) is 9.67. The van der Waals surface area contributed by atoms with Gasteiger partial charge in [-0.3, -0.25) is 4.79 Å². The highest BCUT2D eigenvalue weighted by Crippen LogP contribution is 2.57. The van der Waals surface area contributed by atoms with Crippen molar-refractivity contribution < 1.29 is 27.4 Å². The Morgan fingerprint density at radius 3 is 2.13 bits per heavy atom. The van der Waals surface area contributed by atoms with Gasteiger partial charge in [-0.1, -0.05) is 35.9 Å². The van der Waals surface area contributed by atoms with E-state index in [9.17, 15) is 18.0 Å². The third-order valence-electron chi connectivity index (χ3n) is 6.01. The summed E-state index contributed by atoms with van der Waals surface area (Å²) in [6.07, 6.45) is -5.23. The van der Waals surface area contributed by atoms with Crippen LogP contribution in [0.15, 0.2) is 42.5 Å². The molecule has 2 aliphatic rings. The summed E-state index contributed by atoms with van der Waals surface area (Å²) in [5, 5.41) is 0.545. The molecule has 0 bridgehead atoms. The largest absolute Gasteiger partial charge is 0.416 e. The third-order valence-corrected chi connectivity index (χ3v) is 6.26. The monoisotopic (exact) mass is 438 g/mol. The van der Waals surface area contributed by atoms with E-state index >= 15 is 0 Å². The van der Waals surface area contributed by atoms with Gasteiger partial charge in [0.1, 0.15) is 17.3 Å². The number of halogens is 4. The van der Waals surface area contributed by atoms with Gasteiger partial charge in [0.15, 0.2) is 5.60 Å². The van der Waals surface area contributed by atoms with Gasteiger partial charge in [0.05, 0.1) is 5.56 Å². The fourth-order valence-electron chi connectivity index (χ4n) is 4.65. The van der Waals surface area contributed by atoms with Crippen molar-refractivity contribution in [2.75, 3.05) is 0 Å². The Balaban J connectivity index is 1.71. The summed E-state index contributed by atoms with van der Waals surface area (Å²) in [6.45, 7) is 6.81. The molecule has 0 aromatic heterocycles. The van der Waals surface area contributed by atoms with Gasteiger partial charge in [-0.2, -0.15) is 13.2 Å². The first-order valence-corrected chi connectivity index (χ1v) is 10.0. The van der Waals surface area contributed by atoms with Crippen molar-refractivity contribution in [3.05, 3.63) is 58.6 Å². The van der Waals surface area contributed by atoms with Crippen LogP contribution in [0, 0.1) is 0 Å². The molecule has 1 spiro atoms. The first-order chi connectivity index (χ1) is 13.8. The summed E-state index contributed by atoms with van der Waals surface area (Å²) >= 11 is 5.92. The number of ether oxygens (including phenoxy) is 2. The van der Waals surface area contributed by atoms with E-state index in [2.05, 4.69) is 0 Å². The molecule has 2 heterocycles. The minimum Gasteiger partial charge on any atom is -0.358 e. The molecule has 2 fully saturated rings. The van der Waals surface area contributed by atoms with Gasteiger partial charge < -0.3 is 9.47 Å². The van der Waals surface area contributed by atoms with Crippen LogP contribution in [0.2, 0.25) is 5.02 Å². The molecule has 160 valence electrons. The lowest BCUT2D eigenvalue weighted by atomic mass is 9.81. The lowest BCUT2D eigenvalue weighted by molar-refractivity contribution is -0.138. The number of benzene rings is 2. The number of epoxide rings is 1. The summed E-state index contributed by atoms with van der Waals surface area (Å²) in [5.41, 5.74) is -2.45. The van der Waals surface area contributed by atoms with Gasteiger partial charge in [0.2, 0.25) is 5.78 Å². The highest BCUT2D eigenvalue weighted by molar-refractivity contribution is 6.30. The topological polar surface area (TPSA) is 38.8 Å². The highest BCUT2D eigenvalue weighted by Gasteiger charge is 2.78. The standard InChI is InChI=1S/C23H22ClF3O3/c1-20(2)19(28)22(21(3,4)30-20)18(29-22)12-15-11-14(7-10-17(15)23(25,26)27)13-5-8-16(24)9-6-13/h5-11,18H,12H2,1-4H3. The minimum atomic E-state index is -4.51. The number of hydrogen-bond donors (Lipinski definition) is 0. The van der Waals surface area contributed by atoms with Gasteiger partial charge in [-0.15, -0.1) is 0 Å². The van der Waals surface area contributed by atoms with Gasteiger partial charge in [0, 0.05) is 11.4 Å². The van der Waals surface area contributed by atoms with E-state index in [1.54, 1.807) is 52.0 Å². The molecule has 0 N–H and O–H groups in total. The van der Waals surface area contributed by atoms with E-state index in [0.717, 1.165) is 11.6 Å². The predicted molar refractivity (Wildman–Crippen MR) is 107 cm³/mol. The molecule has 2 aliphatic heterocycles. The SMILES string of the molecule is CC1(C)OC(C)(C)C2(OC2Cc2cc(-c3ccc(Cl)cc3)ccc2C(F)(F)F)C1=O.